The molecule has 0 fully saturated rings. The Morgan fingerprint density at radius 2 is 2.33 bits per heavy atom. The van der Waals surface area contributed by atoms with Crippen molar-refractivity contribution in [3.8, 4) is 0 Å². The largest absolute Gasteiger partial charge is 0.360 e. The number of nitrogen functional groups attached to an aromatic ring is 1. The Morgan fingerprint density at radius 3 is 3.14 bits per heavy atom. The van der Waals surface area contributed by atoms with Crippen molar-refractivity contribution in [2.24, 2.45) is 5.84 Å². The molecule has 0 bridgehead atoms. The molecule has 0 spiro atoms. The third-order valence-electron chi connectivity index (χ3n) is 2.89. The summed E-state index contributed by atoms with van der Waals surface area (Å²) in [4.78, 5) is 19.0. The highest BCUT2D eigenvalue weighted by atomic mass is 32.2. The number of hydrazine groups is 1. The molecule has 108 valence electrons. The van der Waals surface area contributed by atoms with Crippen LogP contribution in [0.1, 0.15) is 21.8 Å². The Hall–Kier alpha value is -2.32. The van der Waals surface area contributed by atoms with E-state index >= 15 is 0 Å². The first-order chi connectivity index (χ1) is 10.2. The molecule has 0 atom stereocenters. The molecule has 7 nitrogen and oxygen atoms in total. The first-order valence-corrected chi connectivity index (χ1v) is 7.20. The molecule has 0 saturated heterocycles. The van der Waals surface area contributed by atoms with Crippen LogP contribution >= 0.6 is 11.8 Å². The average Bonchev–Trinajstić information content (AvgIpc) is 3.10. The molecule has 1 amide bonds. The number of aryl methyl sites for hydroxylation is 1. The second kappa shape index (κ2) is 5.58. The van der Waals surface area contributed by atoms with E-state index in [1.807, 2.05) is 30.5 Å². The molecular weight excluding hydrogens is 290 g/mol. The minimum atomic E-state index is -0.478. The van der Waals surface area contributed by atoms with Gasteiger partial charge in [0.15, 0.2) is 10.9 Å². The van der Waals surface area contributed by atoms with Crippen molar-refractivity contribution in [3.05, 3.63) is 41.3 Å². The van der Waals surface area contributed by atoms with Gasteiger partial charge in [-0.1, -0.05) is 23.0 Å². The number of aromatic nitrogens is 3. The molecule has 2 heterocycles. The summed E-state index contributed by atoms with van der Waals surface area (Å²) in [5.74, 6) is 5.65. The van der Waals surface area contributed by atoms with E-state index < -0.39 is 5.91 Å². The van der Waals surface area contributed by atoms with Crippen molar-refractivity contribution < 1.29 is 9.32 Å². The molecule has 0 aliphatic carbocycles. The van der Waals surface area contributed by atoms with Crippen LogP contribution in [0.15, 0.2) is 33.9 Å². The molecule has 0 radical (unpaired) electrons. The topological polar surface area (TPSA) is 110 Å². The maximum absolute atomic E-state index is 11.3. The van der Waals surface area contributed by atoms with E-state index in [9.17, 15) is 4.79 Å². The van der Waals surface area contributed by atoms with Gasteiger partial charge in [-0.15, -0.1) is 0 Å². The molecule has 1 aromatic carbocycles. The lowest BCUT2D eigenvalue weighted by Crippen LogP contribution is -2.30. The summed E-state index contributed by atoms with van der Waals surface area (Å²) in [6.45, 7) is 2.03. The van der Waals surface area contributed by atoms with Gasteiger partial charge in [0.2, 0.25) is 0 Å². The van der Waals surface area contributed by atoms with Crippen LogP contribution in [-0.2, 0) is 5.75 Å². The van der Waals surface area contributed by atoms with Crippen LogP contribution in [0.2, 0.25) is 0 Å². The van der Waals surface area contributed by atoms with Gasteiger partial charge < -0.3 is 9.51 Å². The Bertz CT molecular complexity index is 795. The number of nitrogens with zero attached hydrogens (tertiary/aromatic N) is 2. The van der Waals surface area contributed by atoms with Crippen molar-refractivity contribution in [1.82, 2.24) is 20.6 Å². The minimum Gasteiger partial charge on any atom is -0.360 e. The van der Waals surface area contributed by atoms with Gasteiger partial charge in [-0.25, -0.2) is 10.8 Å². The van der Waals surface area contributed by atoms with Crippen molar-refractivity contribution in [2.75, 3.05) is 0 Å². The quantitative estimate of drug-likeness (QED) is 0.293. The lowest BCUT2D eigenvalue weighted by Gasteiger charge is -1.92. The number of aromatic amines is 1. The fourth-order valence-electron chi connectivity index (χ4n) is 1.87. The summed E-state index contributed by atoms with van der Waals surface area (Å²) in [6, 6.07) is 7.60. The summed E-state index contributed by atoms with van der Waals surface area (Å²) in [6.07, 6.45) is 0. The first kappa shape index (κ1) is 13.7. The number of hydrogen-bond donors (Lipinski definition) is 3. The predicted molar refractivity (Wildman–Crippen MR) is 78.5 cm³/mol. The fraction of sp³-hybridized carbons (Fsp3) is 0.154. The SMILES string of the molecule is Cc1ccc2nc(SCc3cc(C(=O)NN)no3)[nH]c2c1. The number of imidazole rings is 1. The van der Waals surface area contributed by atoms with Gasteiger partial charge in [0, 0.05) is 6.07 Å². The molecule has 0 saturated carbocycles. The number of nitrogens with one attached hydrogen (secondary N) is 2. The van der Waals surface area contributed by atoms with Gasteiger partial charge >= 0.3 is 0 Å². The van der Waals surface area contributed by atoms with E-state index in [0.717, 1.165) is 16.2 Å². The Balaban J connectivity index is 1.71. The minimum absolute atomic E-state index is 0.160. The van der Waals surface area contributed by atoms with E-state index in [1.165, 1.54) is 17.3 Å². The predicted octanol–water partition coefficient (Wildman–Crippen LogP) is 1.76. The number of rotatable bonds is 4. The highest BCUT2D eigenvalue weighted by Crippen LogP contribution is 2.23. The molecule has 21 heavy (non-hydrogen) atoms. The zero-order valence-electron chi connectivity index (χ0n) is 11.2. The van der Waals surface area contributed by atoms with E-state index in [-0.39, 0.29) is 5.69 Å². The molecule has 4 N–H and O–H groups in total. The number of carbonyl (C=O) groups excluding carboxylic acids is 1. The second-order valence-corrected chi connectivity index (χ2v) is 5.47. The van der Waals surface area contributed by atoms with Crippen molar-refractivity contribution in [2.45, 2.75) is 17.8 Å². The molecule has 3 rings (SSSR count). The molecule has 0 aliphatic heterocycles. The smallest absolute Gasteiger partial charge is 0.287 e. The molecule has 0 unspecified atom stereocenters. The lowest BCUT2D eigenvalue weighted by molar-refractivity contribution is 0.0944. The van der Waals surface area contributed by atoms with E-state index in [2.05, 4.69) is 15.1 Å². The van der Waals surface area contributed by atoms with Crippen LogP contribution in [-0.4, -0.2) is 21.0 Å². The summed E-state index contributed by atoms with van der Waals surface area (Å²) >= 11 is 1.47. The van der Waals surface area contributed by atoms with Crippen LogP contribution in [0, 0.1) is 6.92 Å². The summed E-state index contributed by atoms with van der Waals surface area (Å²) in [5, 5.41) is 4.43. The van der Waals surface area contributed by atoms with Crippen molar-refractivity contribution in [1.29, 1.82) is 0 Å². The van der Waals surface area contributed by atoms with Crippen LogP contribution in [0.5, 0.6) is 0 Å². The third-order valence-corrected chi connectivity index (χ3v) is 3.79. The van der Waals surface area contributed by atoms with Crippen LogP contribution in [0.25, 0.3) is 11.0 Å². The van der Waals surface area contributed by atoms with E-state index in [0.29, 0.717) is 11.5 Å². The highest BCUT2D eigenvalue weighted by Gasteiger charge is 2.12. The van der Waals surface area contributed by atoms with Crippen LogP contribution < -0.4 is 11.3 Å². The molecular formula is C13H13N5O2S. The zero-order valence-corrected chi connectivity index (χ0v) is 12.0. The van der Waals surface area contributed by atoms with Gasteiger partial charge in [0.25, 0.3) is 5.91 Å². The van der Waals surface area contributed by atoms with Crippen molar-refractivity contribution in [3.63, 3.8) is 0 Å². The summed E-state index contributed by atoms with van der Waals surface area (Å²) < 4.78 is 5.07. The van der Waals surface area contributed by atoms with Gasteiger partial charge in [-0.05, 0) is 24.6 Å². The molecule has 0 aliphatic rings. The number of nitrogens with two attached hydrogens (primary N) is 1. The van der Waals surface area contributed by atoms with Crippen LogP contribution in [0.3, 0.4) is 0 Å². The average molecular weight is 303 g/mol. The second-order valence-electron chi connectivity index (χ2n) is 4.50. The standard InChI is InChI=1S/C13H13N5O2S/c1-7-2-3-9-10(4-7)16-13(15-9)21-6-8-5-11(18-20-8)12(19)17-14/h2-5H,6,14H2,1H3,(H,15,16)(H,17,19). The Kier molecular flexibility index (Phi) is 3.63. The van der Waals surface area contributed by atoms with Gasteiger partial charge in [0.1, 0.15) is 5.76 Å². The summed E-state index contributed by atoms with van der Waals surface area (Å²) in [5.41, 5.74) is 5.26. The van der Waals surface area contributed by atoms with E-state index in [1.54, 1.807) is 6.07 Å². The van der Waals surface area contributed by atoms with Crippen molar-refractivity contribution >= 4 is 28.7 Å². The number of fused-ring (bicyclic) bond motifs is 1. The number of carbonyl (C=O) groups is 1. The summed E-state index contributed by atoms with van der Waals surface area (Å²) in [7, 11) is 0. The monoisotopic (exact) mass is 303 g/mol. The third kappa shape index (κ3) is 2.91. The molecule has 8 heteroatoms. The number of benzene rings is 1. The lowest BCUT2D eigenvalue weighted by atomic mass is 10.2. The molecule has 3 aromatic rings. The first-order valence-electron chi connectivity index (χ1n) is 6.21. The van der Waals surface area contributed by atoms with Gasteiger partial charge in [-0.2, -0.15) is 0 Å². The highest BCUT2D eigenvalue weighted by molar-refractivity contribution is 7.98. The van der Waals surface area contributed by atoms with Gasteiger partial charge in [-0.3, -0.25) is 10.2 Å². The Labute approximate surface area is 124 Å². The normalized spacial score (nSPS) is 11.0. The van der Waals surface area contributed by atoms with Gasteiger partial charge in [0.05, 0.1) is 16.8 Å². The van der Waals surface area contributed by atoms with Crippen LogP contribution in [0.4, 0.5) is 0 Å². The number of H-pyrrole nitrogens is 1. The zero-order chi connectivity index (χ0) is 14.8. The fourth-order valence-corrected chi connectivity index (χ4v) is 2.63. The van der Waals surface area contributed by atoms with E-state index in [4.69, 9.17) is 10.4 Å². The number of amides is 1. The number of thioether (sulfide) groups is 1. The maximum atomic E-state index is 11.3. The maximum Gasteiger partial charge on any atom is 0.287 e. The molecule has 2 aromatic heterocycles. The number of hydrogen-bond acceptors (Lipinski definition) is 6. The Morgan fingerprint density at radius 1 is 1.48 bits per heavy atom.